The number of ether oxygens (including phenoxy) is 2. The largest absolute Gasteiger partial charge is 0.450 e. The first-order valence-electron chi connectivity index (χ1n) is 10.1. The highest BCUT2D eigenvalue weighted by Gasteiger charge is 2.24. The minimum absolute atomic E-state index is 0.215. The fraction of sp³-hybridized carbons (Fsp3) is 0.619. The maximum atomic E-state index is 11.8. The normalized spacial score (nSPS) is 16.5. The molecule has 156 valence electrons. The van der Waals surface area contributed by atoms with Crippen LogP contribution >= 0.6 is 0 Å². The number of rotatable bonds is 8. The zero-order valence-electron chi connectivity index (χ0n) is 17.3. The Balaban J connectivity index is 1.62. The van der Waals surface area contributed by atoms with Crippen molar-refractivity contribution in [2.75, 3.05) is 39.9 Å². The second-order valence-electron chi connectivity index (χ2n) is 7.16. The lowest BCUT2D eigenvalue weighted by atomic mass is 10.1. The van der Waals surface area contributed by atoms with E-state index in [1.165, 1.54) is 5.56 Å². The van der Waals surface area contributed by atoms with Crippen molar-refractivity contribution in [1.82, 2.24) is 15.5 Å². The number of likely N-dealkylation sites (tertiary alicyclic amines) is 1. The molecule has 1 heterocycles. The van der Waals surface area contributed by atoms with Gasteiger partial charge in [0.05, 0.1) is 19.8 Å². The monoisotopic (exact) mass is 390 g/mol. The molecule has 0 radical (unpaired) electrons. The first kappa shape index (κ1) is 22.0. The Kier molecular flexibility index (Phi) is 9.62. The fourth-order valence-electron chi connectivity index (χ4n) is 3.09. The first-order valence-corrected chi connectivity index (χ1v) is 10.1. The highest BCUT2D eigenvalue weighted by atomic mass is 16.6. The number of nitrogens with zero attached hydrogens (tertiary/aromatic N) is 2. The molecule has 1 fully saturated rings. The standard InChI is InChI=1S/C21H34N4O3/c1-4-28-21(26)25-12-10-19(11-13-25)24-20(22-3)23-14-17(2)15-27-16-18-8-6-5-7-9-18/h5-9,17,19H,4,10-16H2,1-3H3,(H2,22,23,24). The summed E-state index contributed by atoms with van der Waals surface area (Å²) in [6.07, 6.45) is 1.55. The van der Waals surface area contributed by atoms with Crippen LogP contribution in [-0.4, -0.2) is 62.9 Å². The van der Waals surface area contributed by atoms with Crippen LogP contribution in [0, 0.1) is 5.92 Å². The van der Waals surface area contributed by atoms with Gasteiger partial charge in [-0.05, 0) is 31.2 Å². The summed E-state index contributed by atoms with van der Waals surface area (Å²) in [5.74, 6) is 1.16. The van der Waals surface area contributed by atoms with Gasteiger partial charge in [0.25, 0.3) is 0 Å². The molecule has 1 aromatic rings. The molecule has 0 spiro atoms. The van der Waals surface area contributed by atoms with E-state index in [1.807, 2.05) is 25.1 Å². The van der Waals surface area contributed by atoms with E-state index in [9.17, 15) is 4.79 Å². The number of amides is 1. The van der Waals surface area contributed by atoms with E-state index in [1.54, 1.807) is 11.9 Å². The van der Waals surface area contributed by atoms with E-state index in [-0.39, 0.29) is 6.09 Å². The summed E-state index contributed by atoms with van der Waals surface area (Å²) >= 11 is 0. The van der Waals surface area contributed by atoms with Crippen LogP contribution in [0.15, 0.2) is 35.3 Å². The van der Waals surface area contributed by atoms with Gasteiger partial charge in [0, 0.05) is 32.7 Å². The number of hydrogen-bond donors (Lipinski definition) is 2. The molecule has 0 aliphatic carbocycles. The molecule has 1 aliphatic rings. The van der Waals surface area contributed by atoms with E-state index in [0.29, 0.717) is 44.9 Å². The van der Waals surface area contributed by atoms with E-state index >= 15 is 0 Å². The Hall–Kier alpha value is -2.28. The molecule has 0 bridgehead atoms. The SMILES string of the molecule is CCOC(=O)N1CCC(NC(=NC)NCC(C)COCc2ccccc2)CC1. The molecule has 1 aromatic carbocycles. The molecule has 7 nitrogen and oxygen atoms in total. The number of hydrogen-bond acceptors (Lipinski definition) is 4. The minimum atomic E-state index is -0.215. The molecular formula is C21H34N4O3. The molecule has 1 atom stereocenters. The van der Waals surface area contributed by atoms with Gasteiger partial charge in [0.1, 0.15) is 0 Å². The average molecular weight is 391 g/mol. The number of carbonyl (C=O) groups excluding carboxylic acids is 1. The van der Waals surface area contributed by atoms with E-state index in [2.05, 4.69) is 34.7 Å². The van der Waals surface area contributed by atoms with Gasteiger partial charge in [-0.25, -0.2) is 4.79 Å². The van der Waals surface area contributed by atoms with Crippen LogP contribution in [-0.2, 0) is 16.1 Å². The van der Waals surface area contributed by atoms with Crippen molar-refractivity contribution in [3.63, 3.8) is 0 Å². The molecule has 0 aromatic heterocycles. The summed E-state index contributed by atoms with van der Waals surface area (Å²) in [7, 11) is 1.78. The Labute approximate surface area is 168 Å². The zero-order chi connectivity index (χ0) is 20.2. The summed E-state index contributed by atoms with van der Waals surface area (Å²) in [6, 6.07) is 10.5. The molecular weight excluding hydrogens is 356 g/mol. The summed E-state index contributed by atoms with van der Waals surface area (Å²) < 4.78 is 10.9. The Morgan fingerprint density at radius 1 is 1.29 bits per heavy atom. The van der Waals surface area contributed by atoms with Gasteiger partial charge in [0.15, 0.2) is 5.96 Å². The third kappa shape index (κ3) is 7.76. The Morgan fingerprint density at radius 2 is 2.00 bits per heavy atom. The Bertz CT molecular complexity index is 601. The van der Waals surface area contributed by atoms with Crippen molar-refractivity contribution in [2.45, 2.75) is 39.3 Å². The van der Waals surface area contributed by atoms with Gasteiger partial charge in [-0.2, -0.15) is 0 Å². The zero-order valence-corrected chi connectivity index (χ0v) is 17.3. The van der Waals surface area contributed by atoms with Gasteiger partial charge in [-0.1, -0.05) is 37.3 Å². The molecule has 2 N–H and O–H groups in total. The van der Waals surface area contributed by atoms with Gasteiger partial charge >= 0.3 is 6.09 Å². The second kappa shape index (κ2) is 12.2. The van der Waals surface area contributed by atoms with E-state index in [4.69, 9.17) is 9.47 Å². The topological polar surface area (TPSA) is 75.2 Å². The van der Waals surface area contributed by atoms with Crippen molar-refractivity contribution in [2.24, 2.45) is 10.9 Å². The van der Waals surface area contributed by atoms with Crippen LogP contribution < -0.4 is 10.6 Å². The van der Waals surface area contributed by atoms with Crippen molar-refractivity contribution in [3.8, 4) is 0 Å². The van der Waals surface area contributed by atoms with Gasteiger partial charge in [-0.3, -0.25) is 4.99 Å². The van der Waals surface area contributed by atoms with Crippen molar-refractivity contribution >= 4 is 12.1 Å². The van der Waals surface area contributed by atoms with Crippen LogP contribution in [0.3, 0.4) is 0 Å². The quantitative estimate of drug-likeness (QED) is 0.527. The maximum Gasteiger partial charge on any atom is 0.409 e. The third-order valence-corrected chi connectivity index (χ3v) is 4.72. The molecule has 2 rings (SSSR count). The second-order valence-corrected chi connectivity index (χ2v) is 7.16. The predicted octanol–water partition coefficient (Wildman–Crippen LogP) is 2.63. The van der Waals surface area contributed by atoms with E-state index in [0.717, 1.165) is 25.3 Å². The summed E-state index contributed by atoms with van der Waals surface area (Å²) in [5, 5.41) is 6.83. The van der Waals surface area contributed by atoms with Gasteiger partial charge in [0.2, 0.25) is 0 Å². The average Bonchev–Trinajstić information content (AvgIpc) is 2.72. The molecule has 0 saturated carbocycles. The number of piperidine rings is 1. The van der Waals surface area contributed by atoms with Crippen LogP contribution in [0.25, 0.3) is 0 Å². The fourth-order valence-corrected chi connectivity index (χ4v) is 3.09. The van der Waals surface area contributed by atoms with Crippen molar-refractivity contribution in [1.29, 1.82) is 0 Å². The number of nitrogens with one attached hydrogen (secondary N) is 2. The third-order valence-electron chi connectivity index (χ3n) is 4.72. The van der Waals surface area contributed by atoms with Gasteiger partial charge < -0.3 is 25.0 Å². The highest BCUT2D eigenvalue weighted by molar-refractivity contribution is 5.80. The lowest BCUT2D eigenvalue weighted by Gasteiger charge is -2.32. The lowest BCUT2D eigenvalue weighted by Crippen LogP contribution is -2.50. The summed E-state index contributed by atoms with van der Waals surface area (Å²) in [6.45, 7) is 7.93. The number of aliphatic imine (C=N–C) groups is 1. The summed E-state index contributed by atoms with van der Waals surface area (Å²) in [5.41, 5.74) is 1.19. The first-order chi connectivity index (χ1) is 13.6. The van der Waals surface area contributed by atoms with Crippen LogP contribution in [0.1, 0.15) is 32.3 Å². The lowest BCUT2D eigenvalue weighted by molar-refractivity contribution is 0.0929. The molecule has 1 unspecified atom stereocenters. The van der Waals surface area contributed by atoms with Crippen LogP contribution in [0.2, 0.25) is 0 Å². The Morgan fingerprint density at radius 3 is 2.64 bits per heavy atom. The number of benzene rings is 1. The minimum Gasteiger partial charge on any atom is -0.450 e. The molecule has 1 aliphatic heterocycles. The molecule has 1 amide bonds. The smallest absolute Gasteiger partial charge is 0.409 e. The van der Waals surface area contributed by atoms with Crippen LogP contribution in [0.4, 0.5) is 4.79 Å². The predicted molar refractivity (Wildman–Crippen MR) is 111 cm³/mol. The van der Waals surface area contributed by atoms with Gasteiger partial charge in [-0.15, -0.1) is 0 Å². The maximum absolute atomic E-state index is 11.8. The van der Waals surface area contributed by atoms with Crippen LogP contribution in [0.5, 0.6) is 0 Å². The van der Waals surface area contributed by atoms with E-state index < -0.39 is 0 Å². The number of guanidine groups is 1. The summed E-state index contributed by atoms with van der Waals surface area (Å²) in [4.78, 5) is 17.9. The van der Waals surface area contributed by atoms with Crippen molar-refractivity contribution < 1.29 is 14.3 Å². The highest BCUT2D eigenvalue weighted by Crippen LogP contribution is 2.11. The molecule has 1 saturated heterocycles. The molecule has 28 heavy (non-hydrogen) atoms. The molecule has 7 heteroatoms. The number of carbonyl (C=O) groups is 1. The van der Waals surface area contributed by atoms with Crippen molar-refractivity contribution in [3.05, 3.63) is 35.9 Å².